The van der Waals surface area contributed by atoms with Crippen LogP contribution in [0.5, 0.6) is 0 Å². The standard InChI is InChI=1S/C46H65NO13/c1-14-33-56-31-21-32-45(23-54-32,59-27(6)48)36-38(58-39(49)28-18-16-15-17-19-28)46(52)22-30(25(4)34(43(46,10)11)26(5)37(57-33)44(31,36)12)55-40(50)35(53-13)29(20-24(2)3)47-41(51)60-42(7,8)9/h14-19,24,26,29-33,35-38,52H,1,20-23H2,2-13H3,(H,47,51)/t26-,29+,30?,31+,32?,33+,35-,36+,37+,38+,44-,45+,46-/m1/s1. The van der Waals surface area contributed by atoms with Gasteiger partial charge >= 0.3 is 24.0 Å². The maximum atomic E-state index is 14.5. The van der Waals surface area contributed by atoms with Crippen molar-refractivity contribution in [3.8, 4) is 0 Å². The Labute approximate surface area is 354 Å². The molecule has 1 amide bonds. The number of fused-ring (bicyclic) bond motifs is 4. The molecular formula is C46H65NO13. The summed E-state index contributed by atoms with van der Waals surface area (Å²) >= 11 is 0. The predicted octanol–water partition coefficient (Wildman–Crippen LogP) is 6.23. The number of rotatable bonds is 11. The van der Waals surface area contributed by atoms with E-state index in [4.69, 9.17) is 37.9 Å². The number of benzene rings is 1. The average molecular weight is 840 g/mol. The summed E-state index contributed by atoms with van der Waals surface area (Å²) in [5.41, 5.74) is -4.69. The number of alkyl carbamates (subject to hydrolysis) is 1. The lowest BCUT2D eigenvalue weighted by atomic mass is 9.43. The molecule has 14 heteroatoms. The van der Waals surface area contributed by atoms with Crippen molar-refractivity contribution in [1.29, 1.82) is 0 Å². The van der Waals surface area contributed by atoms with Gasteiger partial charge in [0, 0.05) is 43.6 Å². The van der Waals surface area contributed by atoms with Gasteiger partial charge in [0.2, 0.25) is 0 Å². The molecule has 2 saturated carbocycles. The summed E-state index contributed by atoms with van der Waals surface area (Å²) in [7, 11) is 1.37. The lowest BCUT2D eigenvalue weighted by Crippen LogP contribution is -2.83. The number of carbonyl (C=O) groups excluding carboxylic acids is 4. The molecular weight excluding hydrogens is 774 g/mol. The molecule has 2 bridgehead atoms. The second kappa shape index (κ2) is 16.5. The maximum Gasteiger partial charge on any atom is 0.407 e. The second-order valence-electron chi connectivity index (χ2n) is 19.5. The Kier molecular flexibility index (Phi) is 12.5. The highest BCUT2D eigenvalue weighted by Crippen LogP contribution is 2.68. The van der Waals surface area contributed by atoms with Crippen LogP contribution in [0.4, 0.5) is 4.79 Å². The molecule has 0 spiro atoms. The van der Waals surface area contributed by atoms with Crippen molar-refractivity contribution in [2.24, 2.45) is 28.6 Å². The van der Waals surface area contributed by atoms with Crippen molar-refractivity contribution in [3.05, 3.63) is 59.7 Å². The number of hydrogen-bond acceptors (Lipinski definition) is 13. The van der Waals surface area contributed by atoms with Gasteiger partial charge in [-0.05, 0) is 63.8 Å². The Morgan fingerprint density at radius 3 is 2.27 bits per heavy atom. The van der Waals surface area contributed by atoms with E-state index in [1.54, 1.807) is 57.2 Å². The molecule has 14 nitrogen and oxygen atoms in total. The van der Waals surface area contributed by atoms with Crippen LogP contribution < -0.4 is 5.32 Å². The summed E-state index contributed by atoms with van der Waals surface area (Å²) in [5.74, 6) is -3.42. The number of esters is 3. The van der Waals surface area contributed by atoms with Crippen LogP contribution in [-0.2, 0) is 47.5 Å². The fraction of sp³-hybridized carbons (Fsp3) is 0.696. The Bertz CT molecular complexity index is 1850. The number of ether oxygens (including phenoxy) is 8. The van der Waals surface area contributed by atoms with Crippen LogP contribution in [-0.4, -0.2) is 109 Å². The Morgan fingerprint density at radius 1 is 1.05 bits per heavy atom. The van der Waals surface area contributed by atoms with E-state index in [2.05, 4.69) is 11.9 Å². The number of carbonyl (C=O) groups is 4. The van der Waals surface area contributed by atoms with Gasteiger partial charge in [-0.15, -0.1) is 0 Å². The topological polar surface area (TPSA) is 174 Å². The molecule has 3 aliphatic carbocycles. The number of hydrogen-bond donors (Lipinski definition) is 2. The van der Waals surface area contributed by atoms with Crippen molar-refractivity contribution in [2.45, 2.75) is 161 Å². The lowest BCUT2D eigenvalue weighted by molar-refractivity contribution is -0.403. The van der Waals surface area contributed by atoms with Gasteiger partial charge in [-0.3, -0.25) is 4.79 Å². The average Bonchev–Trinajstić information content (AvgIpc) is 3.13. The molecule has 2 aliphatic heterocycles. The minimum absolute atomic E-state index is 0.0242. The SMILES string of the molecule is C=C[C@H]1O[C@H]2CC3OC[C@@]3(OC(C)=O)[C@H]3[C@H](OC(=O)c4ccccc4)[C@]4(O)CC(OC(=O)[C@H](OC)[C@H](CC(C)C)NC(=O)OC(C)(C)C)C(C)=C([C@@H](C)[C@H](O1)[C@]23C)C4(C)C. The highest BCUT2D eigenvalue weighted by Gasteiger charge is 2.79. The molecule has 2 unspecified atom stereocenters. The maximum absolute atomic E-state index is 14.5. The Hall–Kier alpha value is -3.82. The minimum atomic E-state index is -1.98. The monoisotopic (exact) mass is 839 g/mol. The van der Waals surface area contributed by atoms with E-state index in [0.29, 0.717) is 18.4 Å². The van der Waals surface area contributed by atoms with Crippen molar-refractivity contribution >= 4 is 24.0 Å². The fourth-order valence-electron chi connectivity index (χ4n) is 11.2. The van der Waals surface area contributed by atoms with Gasteiger partial charge in [-0.25, -0.2) is 14.4 Å². The predicted molar refractivity (Wildman–Crippen MR) is 218 cm³/mol. The van der Waals surface area contributed by atoms with Gasteiger partial charge in [-0.1, -0.05) is 71.9 Å². The van der Waals surface area contributed by atoms with Crippen LogP contribution in [0, 0.1) is 28.6 Å². The van der Waals surface area contributed by atoms with E-state index in [0.717, 1.165) is 5.57 Å². The number of amides is 1. The number of methoxy groups -OCH3 is 1. The molecule has 0 radical (unpaired) electrons. The van der Waals surface area contributed by atoms with Crippen LogP contribution in [0.2, 0.25) is 0 Å². The second-order valence-corrected chi connectivity index (χ2v) is 19.5. The van der Waals surface area contributed by atoms with Crippen molar-refractivity contribution < 1.29 is 62.2 Å². The van der Waals surface area contributed by atoms with E-state index >= 15 is 0 Å². The quantitative estimate of drug-likeness (QED) is 0.146. The van der Waals surface area contributed by atoms with Gasteiger partial charge in [0.05, 0.1) is 36.3 Å². The van der Waals surface area contributed by atoms with Gasteiger partial charge in [0.15, 0.2) is 18.0 Å². The molecule has 5 aliphatic rings. The van der Waals surface area contributed by atoms with Crippen LogP contribution in [0.15, 0.2) is 54.1 Å². The van der Waals surface area contributed by atoms with E-state index in [9.17, 15) is 24.3 Å². The summed E-state index contributed by atoms with van der Waals surface area (Å²) in [6.45, 7) is 24.1. The van der Waals surface area contributed by atoms with Crippen LogP contribution in [0.1, 0.15) is 106 Å². The highest BCUT2D eigenvalue weighted by molar-refractivity contribution is 5.89. The van der Waals surface area contributed by atoms with E-state index < -0.39 is 112 Å². The first-order valence-electron chi connectivity index (χ1n) is 21.1. The number of aliphatic hydroxyl groups is 1. The third-order valence-corrected chi connectivity index (χ3v) is 13.7. The molecule has 2 saturated heterocycles. The first kappa shape index (κ1) is 45.7. The van der Waals surface area contributed by atoms with Crippen LogP contribution in [0.25, 0.3) is 0 Å². The first-order valence-corrected chi connectivity index (χ1v) is 21.1. The first-order chi connectivity index (χ1) is 27.9. The Balaban J connectivity index is 1.53. The van der Waals surface area contributed by atoms with Crippen LogP contribution in [0.3, 0.4) is 0 Å². The van der Waals surface area contributed by atoms with E-state index in [1.807, 2.05) is 48.5 Å². The zero-order chi connectivity index (χ0) is 44.3. The largest absolute Gasteiger partial charge is 0.456 e. The van der Waals surface area contributed by atoms with Crippen molar-refractivity contribution in [2.75, 3.05) is 13.7 Å². The lowest BCUT2D eigenvalue weighted by Gasteiger charge is -2.71. The minimum Gasteiger partial charge on any atom is -0.456 e. The summed E-state index contributed by atoms with van der Waals surface area (Å²) in [4.78, 5) is 55.1. The third kappa shape index (κ3) is 7.80. The summed E-state index contributed by atoms with van der Waals surface area (Å²) in [6, 6.07) is 7.63. The third-order valence-electron chi connectivity index (χ3n) is 13.7. The smallest absolute Gasteiger partial charge is 0.407 e. The van der Waals surface area contributed by atoms with Gasteiger partial charge in [-0.2, -0.15) is 0 Å². The Morgan fingerprint density at radius 2 is 1.72 bits per heavy atom. The van der Waals surface area contributed by atoms with Crippen LogP contribution >= 0.6 is 0 Å². The molecule has 0 aromatic heterocycles. The van der Waals surface area contributed by atoms with Crippen molar-refractivity contribution in [1.82, 2.24) is 5.32 Å². The molecule has 1 aromatic carbocycles. The molecule has 4 fully saturated rings. The molecule has 13 atom stereocenters. The van der Waals surface area contributed by atoms with Gasteiger partial charge in [0.1, 0.15) is 29.5 Å². The zero-order valence-electron chi connectivity index (χ0n) is 37.2. The van der Waals surface area contributed by atoms with E-state index in [-0.39, 0.29) is 24.5 Å². The summed E-state index contributed by atoms with van der Waals surface area (Å²) < 4.78 is 50.4. The van der Waals surface area contributed by atoms with E-state index in [1.165, 1.54) is 14.0 Å². The summed E-state index contributed by atoms with van der Waals surface area (Å²) in [6.07, 6.45) is -5.12. The molecule has 6 rings (SSSR count). The van der Waals surface area contributed by atoms with Crippen molar-refractivity contribution in [3.63, 3.8) is 0 Å². The molecule has 1 aromatic rings. The summed E-state index contributed by atoms with van der Waals surface area (Å²) in [5, 5.41) is 16.7. The molecule has 2 N–H and O–H groups in total. The number of nitrogens with one attached hydrogen (secondary N) is 1. The highest BCUT2D eigenvalue weighted by atomic mass is 16.7. The normalized spacial score (nSPS) is 36.4. The molecule has 332 valence electrons. The van der Waals surface area contributed by atoms with Gasteiger partial charge in [0.25, 0.3) is 0 Å². The van der Waals surface area contributed by atoms with Gasteiger partial charge < -0.3 is 48.3 Å². The zero-order valence-corrected chi connectivity index (χ0v) is 37.2. The molecule has 2 heterocycles. The molecule has 60 heavy (non-hydrogen) atoms. The fourth-order valence-corrected chi connectivity index (χ4v) is 11.2.